The zero-order chi connectivity index (χ0) is 15.1. The van der Waals surface area contributed by atoms with Crippen LogP contribution < -0.4 is 5.32 Å². The SMILES string of the molecule is CN=C(NCCn1ccnc1)N(C)Cc1ccc(C)cc1. The Morgan fingerprint density at radius 3 is 2.71 bits per heavy atom. The molecule has 0 spiro atoms. The molecule has 0 unspecified atom stereocenters. The number of hydrogen-bond donors (Lipinski definition) is 1. The number of imidazole rings is 1. The summed E-state index contributed by atoms with van der Waals surface area (Å²) in [4.78, 5) is 10.5. The molecule has 1 heterocycles. The van der Waals surface area contributed by atoms with E-state index in [9.17, 15) is 0 Å². The second kappa shape index (κ2) is 7.47. The van der Waals surface area contributed by atoms with Gasteiger partial charge in [0.15, 0.2) is 5.96 Å². The Kier molecular flexibility index (Phi) is 5.37. The van der Waals surface area contributed by atoms with Gasteiger partial charge < -0.3 is 14.8 Å². The van der Waals surface area contributed by atoms with Crippen molar-refractivity contribution in [1.29, 1.82) is 0 Å². The first-order valence-electron chi connectivity index (χ1n) is 7.12. The second-order valence-electron chi connectivity index (χ2n) is 5.12. The third kappa shape index (κ3) is 4.63. The molecule has 112 valence electrons. The summed E-state index contributed by atoms with van der Waals surface area (Å²) in [6.07, 6.45) is 5.57. The number of aliphatic imine (C=N–C) groups is 1. The molecule has 1 N–H and O–H groups in total. The summed E-state index contributed by atoms with van der Waals surface area (Å²) >= 11 is 0. The number of rotatable bonds is 5. The van der Waals surface area contributed by atoms with Gasteiger partial charge in [0.1, 0.15) is 0 Å². The molecule has 0 atom stereocenters. The van der Waals surface area contributed by atoms with E-state index in [0.717, 1.165) is 25.6 Å². The van der Waals surface area contributed by atoms with Crippen molar-refractivity contribution in [2.24, 2.45) is 4.99 Å². The van der Waals surface area contributed by atoms with Crippen LogP contribution in [0.15, 0.2) is 48.0 Å². The number of aryl methyl sites for hydroxylation is 1. The van der Waals surface area contributed by atoms with Gasteiger partial charge in [0.2, 0.25) is 0 Å². The molecule has 2 aromatic rings. The number of nitrogens with one attached hydrogen (secondary N) is 1. The molecule has 0 saturated heterocycles. The fraction of sp³-hybridized carbons (Fsp3) is 0.375. The summed E-state index contributed by atoms with van der Waals surface area (Å²) in [7, 11) is 3.86. The number of hydrogen-bond acceptors (Lipinski definition) is 2. The molecule has 21 heavy (non-hydrogen) atoms. The quantitative estimate of drug-likeness (QED) is 0.674. The van der Waals surface area contributed by atoms with Crippen molar-refractivity contribution in [1.82, 2.24) is 19.8 Å². The van der Waals surface area contributed by atoms with Crippen LogP contribution in [0, 0.1) is 6.92 Å². The average molecular weight is 285 g/mol. The maximum absolute atomic E-state index is 4.33. The Bertz CT molecular complexity index is 557. The van der Waals surface area contributed by atoms with Crippen LogP contribution in [0.4, 0.5) is 0 Å². The predicted molar refractivity (Wildman–Crippen MR) is 86.2 cm³/mol. The average Bonchev–Trinajstić information content (AvgIpc) is 2.99. The fourth-order valence-electron chi connectivity index (χ4n) is 2.14. The van der Waals surface area contributed by atoms with Crippen LogP contribution in [-0.4, -0.2) is 41.1 Å². The lowest BCUT2D eigenvalue weighted by Gasteiger charge is -2.22. The van der Waals surface area contributed by atoms with E-state index in [4.69, 9.17) is 0 Å². The molecule has 0 aliphatic carbocycles. The smallest absolute Gasteiger partial charge is 0.193 e. The minimum Gasteiger partial charge on any atom is -0.354 e. The zero-order valence-corrected chi connectivity index (χ0v) is 13.0. The van der Waals surface area contributed by atoms with Crippen molar-refractivity contribution in [3.05, 3.63) is 54.1 Å². The Morgan fingerprint density at radius 2 is 2.10 bits per heavy atom. The van der Waals surface area contributed by atoms with Crippen LogP contribution in [0.25, 0.3) is 0 Å². The van der Waals surface area contributed by atoms with Crippen LogP contribution in [0.2, 0.25) is 0 Å². The van der Waals surface area contributed by atoms with Crippen molar-refractivity contribution in [3.63, 3.8) is 0 Å². The molecule has 0 amide bonds. The predicted octanol–water partition coefficient (Wildman–Crippen LogP) is 1.90. The summed E-state index contributed by atoms with van der Waals surface area (Å²) in [6.45, 7) is 4.63. The minimum absolute atomic E-state index is 0.821. The lowest BCUT2D eigenvalue weighted by molar-refractivity contribution is 0.473. The molecule has 1 aromatic heterocycles. The molecule has 2 rings (SSSR count). The van der Waals surface area contributed by atoms with E-state index in [-0.39, 0.29) is 0 Å². The van der Waals surface area contributed by atoms with Gasteiger partial charge in [-0.25, -0.2) is 4.98 Å². The number of benzene rings is 1. The highest BCUT2D eigenvalue weighted by Gasteiger charge is 2.06. The van der Waals surface area contributed by atoms with Gasteiger partial charge in [-0.1, -0.05) is 29.8 Å². The van der Waals surface area contributed by atoms with Crippen LogP contribution in [0.5, 0.6) is 0 Å². The number of nitrogens with zero attached hydrogens (tertiary/aromatic N) is 4. The summed E-state index contributed by atoms with van der Waals surface area (Å²) in [5, 5.41) is 3.37. The normalized spacial score (nSPS) is 11.5. The maximum atomic E-state index is 4.33. The highest BCUT2D eigenvalue weighted by atomic mass is 15.3. The molecular formula is C16H23N5. The molecule has 0 radical (unpaired) electrons. The Balaban J connectivity index is 1.83. The Hall–Kier alpha value is -2.30. The summed E-state index contributed by atoms with van der Waals surface area (Å²) in [6, 6.07) is 8.59. The number of guanidine groups is 1. The van der Waals surface area contributed by atoms with Crippen LogP contribution >= 0.6 is 0 Å². The monoisotopic (exact) mass is 285 g/mol. The summed E-state index contributed by atoms with van der Waals surface area (Å²) < 4.78 is 2.04. The van der Waals surface area contributed by atoms with E-state index in [1.165, 1.54) is 11.1 Å². The van der Waals surface area contributed by atoms with Gasteiger partial charge in [-0.3, -0.25) is 4.99 Å². The lowest BCUT2D eigenvalue weighted by Crippen LogP contribution is -2.39. The lowest BCUT2D eigenvalue weighted by atomic mass is 10.1. The second-order valence-corrected chi connectivity index (χ2v) is 5.12. The van der Waals surface area contributed by atoms with Crippen molar-refractivity contribution < 1.29 is 0 Å². The van der Waals surface area contributed by atoms with Gasteiger partial charge in [0.25, 0.3) is 0 Å². The fourth-order valence-corrected chi connectivity index (χ4v) is 2.14. The molecule has 0 saturated carbocycles. The van der Waals surface area contributed by atoms with Crippen LogP contribution in [0.1, 0.15) is 11.1 Å². The van der Waals surface area contributed by atoms with E-state index in [0.29, 0.717) is 0 Å². The Labute approximate surface area is 126 Å². The molecule has 0 aliphatic rings. The molecule has 1 aromatic carbocycles. The highest BCUT2D eigenvalue weighted by molar-refractivity contribution is 5.79. The zero-order valence-electron chi connectivity index (χ0n) is 13.0. The van der Waals surface area contributed by atoms with Crippen molar-refractivity contribution in [3.8, 4) is 0 Å². The van der Waals surface area contributed by atoms with E-state index in [2.05, 4.69) is 51.4 Å². The van der Waals surface area contributed by atoms with E-state index < -0.39 is 0 Å². The molecular weight excluding hydrogens is 262 g/mol. The van der Waals surface area contributed by atoms with Crippen molar-refractivity contribution in [2.45, 2.75) is 20.0 Å². The topological polar surface area (TPSA) is 45.5 Å². The molecule has 0 fully saturated rings. The van der Waals surface area contributed by atoms with Crippen LogP contribution in [-0.2, 0) is 13.1 Å². The summed E-state index contributed by atoms with van der Waals surface area (Å²) in [5.74, 6) is 0.899. The molecule has 0 bridgehead atoms. The highest BCUT2D eigenvalue weighted by Crippen LogP contribution is 2.05. The van der Waals surface area contributed by atoms with Crippen molar-refractivity contribution >= 4 is 5.96 Å². The standard InChI is InChI=1S/C16H23N5/c1-14-4-6-15(7-5-14)12-20(3)16(17-2)19-9-11-21-10-8-18-13-21/h4-8,10,13H,9,11-12H2,1-3H3,(H,17,19). The minimum atomic E-state index is 0.821. The van der Waals surface area contributed by atoms with Crippen LogP contribution in [0.3, 0.4) is 0 Å². The van der Waals surface area contributed by atoms with Gasteiger partial charge in [-0.05, 0) is 12.5 Å². The van der Waals surface area contributed by atoms with Gasteiger partial charge in [0.05, 0.1) is 6.33 Å². The first kappa shape index (κ1) is 15.1. The van der Waals surface area contributed by atoms with E-state index >= 15 is 0 Å². The molecule has 5 nitrogen and oxygen atoms in total. The van der Waals surface area contributed by atoms with E-state index in [1.807, 2.05) is 31.2 Å². The first-order chi connectivity index (χ1) is 10.2. The maximum Gasteiger partial charge on any atom is 0.193 e. The largest absolute Gasteiger partial charge is 0.354 e. The number of aromatic nitrogens is 2. The first-order valence-corrected chi connectivity index (χ1v) is 7.12. The van der Waals surface area contributed by atoms with Gasteiger partial charge in [-0.15, -0.1) is 0 Å². The third-order valence-electron chi connectivity index (χ3n) is 3.33. The van der Waals surface area contributed by atoms with Crippen molar-refractivity contribution in [2.75, 3.05) is 20.6 Å². The van der Waals surface area contributed by atoms with Gasteiger partial charge in [0, 0.05) is 46.1 Å². The summed E-state index contributed by atoms with van der Waals surface area (Å²) in [5.41, 5.74) is 2.56. The third-order valence-corrected chi connectivity index (χ3v) is 3.33. The Morgan fingerprint density at radius 1 is 1.33 bits per heavy atom. The van der Waals surface area contributed by atoms with Gasteiger partial charge >= 0.3 is 0 Å². The molecule has 5 heteroatoms. The van der Waals surface area contributed by atoms with E-state index in [1.54, 1.807) is 6.20 Å². The van der Waals surface area contributed by atoms with Gasteiger partial charge in [-0.2, -0.15) is 0 Å². The molecule has 0 aliphatic heterocycles.